The van der Waals surface area contributed by atoms with E-state index in [9.17, 15) is 4.79 Å². The van der Waals surface area contributed by atoms with Gasteiger partial charge in [0.05, 0.1) is 12.7 Å². The van der Waals surface area contributed by atoms with Gasteiger partial charge in [0.15, 0.2) is 0 Å². The third-order valence-electron chi connectivity index (χ3n) is 3.05. The van der Waals surface area contributed by atoms with Gasteiger partial charge in [-0.2, -0.15) is 0 Å². The van der Waals surface area contributed by atoms with Crippen LogP contribution < -0.4 is 0 Å². The van der Waals surface area contributed by atoms with Crippen LogP contribution in [0.25, 0.3) is 21.9 Å². The van der Waals surface area contributed by atoms with Crippen LogP contribution >= 0.6 is 0 Å². The normalized spacial score (nSPS) is 10.5. The van der Waals surface area contributed by atoms with Gasteiger partial charge < -0.3 is 19.7 Å². The topological polar surface area (TPSA) is 67.9 Å². The number of hydrogen-bond donors (Lipinski definition) is 1. The van der Waals surface area contributed by atoms with Crippen molar-refractivity contribution >= 4 is 27.9 Å². The Bertz CT molecular complexity index is 783. The fourth-order valence-electron chi connectivity index (χ4n) is 2.06. The van der Waals surface area contributed by atoms with Gasteiger partial charge in [-0.1, -0.05) is 29.8 Å². The second kappa shape index (κ2) is 5.71. The molecule has 5 nitrogen and oxygen atoms in total. The molecule has 0 fully saturated rings. The standard InChI is InChI=1S/C14H12N3O2.W/c1-3-12-15-7-10-9-5-4-8(14(18)19-2)6-11(9)16-13(10)17-12;/h4-6H,3H2,1-2H3,(H,15,16,17);/q-1;. The molecule has 1 N–H and O–H groups in total. The largest absolute Gasteiger partial charge is 0.465 e. The number of carbonyl (C=O) groups excluding carboxylic acids is 1. The van der Waals surface area contributed by atoms with Crippen LogP contribution in [0.5, 0.6) is 0 Å². The summed E-state index contributed by atoms with van der Waals surface area (Å²) in [6, 6.07) is 5.33. The van der Waals surface area contributed by atoms with Crippen molar-refractivity contribution in [3.05, 3.63) is 35.8 Å². The fraction of sp³-hybridized carbons (Fsp3) is 0.214. The zero-order chi connectivity index (χ0) is 13.4. The van der Waals surface area contributed by atoms with E-state index in [-0.39, 0.29) is 27.0 Å². The van der Waals surface area contributed by atoms with E-state index < -0.39 is 0 Å². The van der Waals surface area contributed by atoms with Crippen molar-refractivity contribution in [1.29, 1.82) is 0 Å². The average molecular weight is 438 g/mol. The van der Waals surface area contributed by atoms with Crippen molar-refractivity contribution in [2.75, 3.05) is 7.11 Å². The number of H-pyrrole nitrogens is 1. The molecular formula is C14H12N3O2W-. The number of fused-ring (bicyclic) bond motifs is 3. The average Bonchev–Trinajstić information content (AvgIpc) is 2.82. The zero-order valence-electron chi connectivity index (χ0n) is 11.1. The van der Waals surface area contributed by atoms with Gasteiger partial charge in [0.1, 0.15) is 0 Å². The van der Waals surface area contributed by atoms with Crippen molar-refractivity contribution in [2.45, 2.75) is 13.3 Å². The Morgan fingerprint density at radius 2 is 2.25 bits per heavy atom. The van der Waals surface area contributed by atoms with Crippen LogP contribution in [-0.2, 0) is 32.2 Å². The molecule has 3 aromatic rings. The predicted molar refractivity (Wildman–Crippen MR) is 70.9 cm³/mol. The van der Waals surface area contributed by atoms with Crippen LogP contribution in [0.4, 0.5) is 0 Å². The van der Waals surface area contributed by atoms with Crippen LogP contribution in [0.2, 0.25) is 0 Å². The summed E-state index contributed by atoms with van der Waals surface area (Å²) in [5.41, 5.74) is 2.07. The molecule has 6 heteroatoms. The first kappa shape index (κ1) is 14.7. The van der Waals surface area contributed by atoms with E-state index in [1.165, 1.54) is 7.11 Å². The van der Waals surface area contributed by atoms with E-state index in [1.807, 2.05) is 13.0 Å². The van der Waals surface area contributed by atoms with Gasteiger partial charge in [-0.05, 0) is 24.2 Å². The molecule has 3 rings (SSSR count). The molecule has 102 valence electrons. The number of benzene rings is 1. The number of carbonyl (C=O) groups is 1. The molecule has 0 aliphatic rings. The number of aromatic amines is 1. The number of rotatable bonds is 2. The van der Waals surface area contributed by atoms with Crippen LogP contribution in [0.3, 0.4) is 0 Å². The van der Waals surface area contributed by atoms with Crippen molar-refractivity contribution < 1.29 is 30.6 Å². The Balaban J connectivity index is 0.00000147. The number of nitrogens with one attached hydrogen (secondary N) is 1. The second-order valence-corrected chi connectivity index (χ2v) is 4.21. The fourth-order valence-corrected chi connectivity index (χ4v) is 2.06. The van der Waals surface area contributed by atoms with Gasteiger partial charge in [0, 0.05) is 32.5 Å². The Kier molecular flexibility index (Phi) is 4.19. The molecule has 2 heterocycles. The molecule has 0 bridgehead atoms. The molecule has 0 spiro atoms. The number of aromatic nitrogens is 3. The van der Waals surface area contributed by atoms with Crippen LogP contribution in [0, 0.1) is 6.20 Å². The Hall–Kier alpha value is -1.74. The molecular weight excluding hydrogens is 426 g/mol. The van der Waals surface area contributed by atoms with E-state index >= 15 is 0 Å². The molecule has 0 amide bonds. The zero-order valence-corrected chi connectivity index (χ0v) is 14.0. The minimum atomic E-state index is -0.357. The first-order chi connectivity index (χ1) is 9.22. The molecule has 0 saturated heterocycles. The molecule has 0 atom stereocenters. The molecule has 20 heavy (non-hydrogen) atoms. The maximum atomic E-state index is 11.5. The third kappa shape index (κ3) is 2.34. The predicted octanol–water partition coefficient (Wildman–Crippen LogP) is 2.26. The van der Waals surface area contributed by atoms with E-state index in [4.69, 9.17) is 4.74 Å². The quantitative estimate of drug-likeness (QED) is 0.493. The van der Waals surface area contributed by atoms with E-state index in [0.29, 0.717) is 5.56 Å². The number of hydrogen-bond acceptors (Lipinski definition) is 4. The summed E-state index contributed by atoms with van der Waals surface area (Å²) in [7, 11) is 1.37. The van der Waals surface area contributed by atoms with Crippen molar-refractivity contribution in [3.63, 3.8) is 0 Å². The first-order valence-electron chi connectivity index (χ1n) is 6.01. The van der Waals surface area contributed by atoms with Crippen LogP contribution in [0.15, 0.2) is 18.2 Å². The Morgan fingerprint density at radius 1 is 1.45 bits per heavy atom. The SMILES string of the molecule is CCc1n[c-]c2c(n1)[nH]c1cc(C(=O)OC)ccc12.[W]. The van der Waals surface area contributed by atoms with Crippen molar-refractivity contribution in [3.8, 4) is 0 Å². The number of esters is 1. The summed E-state index contributed by atoms with van der Waals surface area (Å²) < 4.78 is 4.71. The molecule has 0 radical (unpaired) electrons. The summed E-state index contributed by atoms with van der Waals surface area (Å²) in [6.07, 6.45) is 3.76. The van der Waals surface area contributed by atoms with Gasteiger partial charge >= 0.3 is 5.97 Å². The number of nitrogens with zero attached hydrogens (tertiary/aromatic N) is 2. The molecule has 1 aromatic carbocycles. The molecule has 0 aliphatic carbocycles. The summed E-state index contributed by atoms with van der Waals surface area (Å²) >= 11 is 0. The van der Waals surface area contributed by atoms with Gasteiger partial charge in [-0.25, -0.2) is 4.79 Å². The molecule has 0 unspecified atom stereocenters. The smallest absolute Gasteiger partial charge is 0.337 e. The maximum Gasteiger partial charge on any atom is 0.337 e. The summed E-state index contributed by atoms with van der Waals surface area (Å²) in [5.74, 6) is 0.386. The van der Waals surface area contributed by atoms with Crippen LogP contribution in [-0.4, -0.2) is 28.0 Å². The number of methoxy groups -OCH3 is 1. The number of ether oxygens (including phenoxy) is 1. The number of aryl methyl sites for hydroxylation is 1. The van der Waals surface area contributed by atoms with Gasteiger partial charge in [0.2, 0.25) is 0 Å². The van der Waals surface area contributed by atoms with Gasteiger partial charge in [0.25, 0.3) is 0 Å². The van der Waals surface area contributed by atoms with E-state index in [2.05, 4.69) is 21.1 Å². The summed E-state index contributed by atoms with van der Waals surface area (Å²) in [5, 5.41) is 1.79. The van der Waals surface area contributed by atoms with Crippen LogP contribution in [0.1, 0.15) is 23.1 Å². The van der Waals surface area contributed by atoms with Crippen molar-refractivity contribution in [1.82, 2.24) is 15.0 Å². The Labute approximate surface area is 130 Å². The minimum absolute atomic E-state index is 0. The maximum absolute atomic E-state index is 11.5. The molecule has 2 aromatic heterocycles. The Morgan fingerprint density at radius 3 is 2.95 bits per heavy atom. The van der Waals surface area contributed by atoms with E-state index in [1.54, 1.807) is 12.1 Å². The van der Waals surface area contributed by atoms with Gasteiger partial charge in [-0.3, -0.25) is 0 Å². The molecule has 0 aliphatic heterocycles. The second-order valence-electron chi connectivity index (χ2n) is 4.21. The third-order valence-corrected chi connectivity index (χ3v) is 3.05. The molecule has 0 saturated carbocycles. The van der Waals surface area contributed by atoms with Gasteiger partial charge in [-0.15, -0.1) is 0 Å². The first-order valence-corrected chi connectivity index (χ1v) is 6.01. The monoisotopic (exact) mass is 438 g/mol. The van der Waals surface area contributed by atoms with Crippen molar-refractivity contribution in [2.24, 2.45) is 0 Å². The van der Waals surface area contributed by atoms with E-state index in [0.717, 1.165) is 34.2 Å². The summed E-state index contributed by atoms with van der Waals surface area (Å²) in [4.78, 5) is 23.3. The minimum Gasteiger partial charge on any atom is -0.465 e. The summed E-state index contributed by atoms with van der Waals surface area (Å²) in [6.45, 7) is 1.99.